The number of hydrogen-bond donors (Lipinski definition) is 0. The first kappa shape index (κ1) is 20.6. The molecule has 2 aromatic rings. The van der Waals surface area contributed by atoms with Crippen molar-refractivity contribution in [3.05, 3.63) is 71.8 Å². The molecule has 0 aliphatic carbocycles. The van der Waals surface area contributed by atoms with E-state index in [0.29, 0.717) is 0 Å². The summed E-state index contributed by atoms with van der Waals surface area (Å²) in [6.45, 7) is 8.47. The minimum Gasteiger partial charge on any atom is -0.488 e. The molecule has 0 atom stereocenters. The molecule has 6 heteroatoms. The predicted molar refractivity (Wildman–Crippen MR) is 97.1 cm³/mol. The SMILES string of the molecule is C=C(C(=O)OC(C)(C)C)c1c(OCc2ccccc2)cccc1C(F)(F)F. The van der Waals surface area contributed by atoms with Gasteiger partial charge >= 0.3 is 12.1 Å². The first-order valence-electron chi connectivity index (χ1n) is 8.28. The number of carbonyl (C=O) groups excluding carboxylic acids is 1. The molecular formula is C21H21F3O3. The van der Waals surface area contributed by atoms with E-state index in [0.717, 1.165) is 11.6 Å². The largest absolute Gasteiger partial charge is 0.488 e. The van der Waals surface area contributed by atoms with Crippen molar-refractivity contribution < 1.29 is 27.4 Å². The molecule has 0 radical (unpaired) electrons. The van der Waals surface area contributed by atoms with Gasteiger partial charge in [-0.3, -0.25) is 0 Å². The maximum atomic E-state index is 13.5. The Morgan fingerprint density at radius 2 is 1.63 bits per heavy atom. The molecule has 2 rings (SSSR count). The number of esters is 1. The van der Waals surface area contributed by atoms with E-state index in [1.54, 1.807) is 45.0 Å². The second-order valence-corrected chi connectivity index (χ2v) is 6.93. The van der Waals surface area contributed by atoms with Gasteiger partial charge in [0.05, 0.1) is 11.1 Å². The molecular weight excluding hydrogens is 357 g/mol. The zero-order valence-corrected chi connectivity index (χ0v) is 15.4. The van der Waals surface area contributed by atoms with Crippen LogP contribution in [0.15, 0.2) is 55.1 Å². The lowest BCUT2D eigenvalue weighted by Gasteiger charge is -2.23. The Morgan fingerprint density at radius 3 is 2.19 bits per heavy atom. The summed E-state index contributed by atoms with van der Waals surface area (Å²) in [5.41, 5.74) is -1.89. The van der Waals surface area contributed by atoms with Crippen molar-refractivity contribution in [1.29, 1.82) is 0 Å². The minimum atomic E-state index is -4.67. The summed E-state index contributed by atoms with van der Waals surface area (Å²) in [7, 11) is 0. The molecule has 2 aromatic carbocycles. The van der Waals surface area contributed by atoms with Crippen LogP contribution in [0.4, 0.5) is 13.2 Å². The highest BCUT2D eigenvalue weighted by Crippen LogP contribution is 2.40. The van der Waals surface area contributed by atoms with Gasteiger partial charge in [0.1, 0.15) is 18.0 Å². The quantitative estimate of drug-likeness (QED) is 0.499. The molecule has 0 aliphatic heterocycles. The highest BCUT2D eigenvalue weighted by atomic mass is 19.4. The van der Waals surface area contributed by atoms with Gasteiger partial charge in [0.25, 0.3) is 0 Å². The van der Waals surface area contributed by atoms with E-state index >= 15 is 0 Å². The van der Waals surface area contributed by atoms with E-state index < -0.39 is 34.4 Å². The molecule has 0 aliphatic rings. The van der Waals surface area contributed by atoms with Gasteiger partial charge < -0.3 is 9.47 Å². The van der Waals surface area contributed by atoms with Crippen LogP contribution in [0.5, 0.6) is 5.75 Å². The van der Waals surface area contributed by atoms with Crippen molar-refractivity contribution in [1.82, 2.24) is 0 Å². The molecule has 0 saturated carbocycles. The first-order valence-corrected chi connectivity index (χ1v) is 8.28. The smallest absolute Gasteiger partial charge is 0.417 e. The number of halogens is 3. The third kappa shape index (κ3) is 5.61. The van der Waals surface area contributed by atoms with Crippen LogP contribution in [0.2, 0.25) is 0 Å². The number of hydrogen-bond acceptors (Lipinski definition) is 3. The van der Waals surface area contributed by atoms with E-state index in [9.17, 15) is 18.0 Å². The minimum absolute atomic E-state index is 0.0523. The van der Waals surface area contributed by atoms with Gasteiger partial charge in [-0.1, -0.05) is 43.0 Å². The van der Waals surface area contributed by atoms with Gasteiger partial charge in [-0.05, 0) is 38.5 Å². The molecule has 0 amide bonds. The molecule has 0 bridgehead atoms. The Morgan fingerprint density at radius 1 is 1.00 bits per heavy atom. The van der Waals surface area contributed by atoms with Crippen molar-refractivity contribution >= 4 is 11.5 Å². The van der Waals surface area contributed by atoms with Gasteiger partial charge in [0.15, 0.2) is 0 Å². The Kier molecular flexibility index (Phi) is 5.98. The van der Waals surface area contributed by atoms with Gasteiger partial charge in [0.2, 0.25) is 0 Å². The third-order valence-corrected chi connectivity index (χ3v) is 3.52. The van der Waals surface area contributed by atoms with Crippen molar-refractivity contribution in [2.75, 3.05) is 0 Å². The number of alkyl halides is 3. The second kappa shape index (κ2) is 7.86. The normalized spacial score (nSPS) is 11.8. The standard InChI is InChI=1S/C21H21F3O3/c1-14(19(25)27-20(2,3)4)18-16(21(22,23)24)11-8-12-17(18)26-13-15-9-6-5-7-10-15/h5-12H,1,13H2,2-4H3. The molecule has 0 saturated heterocycles. The van der Waals surface area contributed by atoms with Gasteiger partial charge in [0, 0.05) is 5.56 Å². The molecule has 0 spiro atoms. The van der Waals surface area contributed by atoms with Crippen LogP contribution in [0, 0.1) is 0 Å². The summed E-state index contributed by atoms with van der Waals surface area (Å²) < 4.78 is 51.3. The molecule has 27 heavy (non-hydrogen) atoms. The Bertz CT molecular complexity index is 819. The highest BCUT2D eigenvalue weighted by Gasteiger charge is 2.37. The number of benzene rings is 2. The number of carbonyl (C=O) groups is 1. The zero-order chi connectivity index (χ0) is 20.2. The first-order chi connectivity index (χ1) is 12.5. The van der Waals surface area contributed by atoms with Gasteiger partial charge in [-0.2, -0.15) is 13.2 Å². The van der Waals surface area contributed by atoms with Crippen LogP contribution in [0.25, 0.3) is 5.57 Å². The van der Waals surface area contributed by atoms with Crippen molar-refractivity contribution in [3.8, 4) is 5.75 Å². The Hall–Kier alpha value is -2.76. The van der Waals surface area contributed by atoms with Crippen LogP contribution in [0.1, 0.15) is 37.5 Å². The summed E-state index contributed by atoms with van der Waals surface area (Å²) in [6.07, 6.45) is -4.67. The monoisotopic (exact) mass is 378 g/mol. The summed E-state index contributed by atoms with van der Waals surface area (Å²) in [6, 6.07) is 12.5. The van der Waals surface area contributed by atoms with Gasteiger partial charge in [-0.15, -0.1) is 0 Å². The molecule has 0 heterocycles. The molecule has 0 fully saturated rings. The number of rotatable bonds is 5. The number of ether oxygens (including phenoxy) is 2. The third-order valence-electron chi connectivity index (χ3n) is 3.52. The van der Waals surface area contributed by atoms with Crippen molar-refractivity contribution in [2.24, 2.45) is 0 Å². The summed E-state index contributed by atoms with van der Waals surface area (Å²) in [5.74, 6) is -1.01. The summed E-state index contributed by atoms with van der Waals surface area (Å²) in [4.78, 5) is 12.3. The fourth-order valence-electron chi connectivity index (χ4n) is 2.38. The van der Waals surface area contributed by atoms with E-state index in [4.69, 9.17) is 9.47 Å². The van der Waals surface area contributed by atoms with E-state index in [-0.39, 0.29) is 12.4 Å². The maximum Gasteiger partial charge on any atom is 0.417 e. The van der Waals surface area contributed by atoms with E-state index in [1.165, 1.54) is 12.1 Å². The Labute approximate surface area is 156 Å². The lowest BCUT2D eigenvalue weighted by atomic mass is 9.98. The fraction of sp³-hybridized carbons (Fsp3) is 0.286. The Balaban J connectivity index is 2.42. The molecule has 144 valence electrons. The molecule has 0 aromatic heterocycles. The van der Waals surface area contributed by atoms with Crippen LogP contribution in [-0.4, -0.2) is 11.6 Å². The van der Waals surface area contributed by atoms with Gasteiger partial charge in [-0.25, -0.2) is 4.79 Å². The second-order valence-electron chi connectivity index (χ2n) is 6.93. The van der Waals surface area contributed by atoms with Crippen LogP contribution in [0.3, 0.4) is 0 Å². The highest BCUT2D eigenvalue weighted by molar-refractivity contribution is 6.17. The predicted octanol–water partition coefficient (Wildman–Crippen LogP) is 5.64. The molecule has 0 N–H and O–H groups in total. The zero-order valence-electron chi connectivity index (χ0n) is 15.4. The van der Waals surface area contributed by atoms with Crippen molar-refractivity contribution in [3.63, 3.8) is 0 Å². The molecule has 3 nitrogen and oxygen atoms in total. The topological polar surface area (TPSA) is 35.5 Å². The van der Waals surface area contributed by atoms with E-state index in [1.807, 2.05) is 6.07 Å². The van der Waals surface area contributed by atoms with Crippen LogP contribution in [-0.2, 0) is 22.3 Å². The maximum absolute atomic E-state index is 13.5. The van der Waals surface area contributed by atoms with Crippen molar-refractivity contribution in [2.45, 2.75) is 39.2 Å². The van der Waals surface area contributed by atoms with Crippen LogP contribution >= 0.6 is 0 Å². The fourth-order valence-corrected chi connectivity index (χ4v) is 2.38. The molecule has 0 unspecified atom stereocenters. The summed E-state index contributed by atoms with van der Waals surface area (Å²) in [5, 5.41) is 0. The lowest BCUT2D eigenvalue weighted by Crippen LogP contribution is -2.25. The average Bonchev–Trinajstić information content (AvgIpc) is 2.57. The lowest BCUT2D eigenvalue weighted by molar-refractivity contribution is -0.147. The van der Waals surface area contributed by atoms with Crippen LogP contribution < -0.4 is 4.74 Å². The summed E-state index contributed by atoms with van der Waals surface area (Å²) >= 11 is 0. The average molecular weight is 378 g/mol. The van der Waals surface area contributed by atoms with E-state index in [2.05, 4.69) is 6.58 Å².